The number of hydrogen-bond acceptors (Lipinski definition) is 4. The Morgan fingerprint density at radius 2 is 1.74 bits per heavy atom. The molecule has 3 aromatic rings. The highest BCUT2D eigenvalue weighted by Gasteiger charge is 2.21. The fraction of sp³-hybridized carbons (Fsp3) is 0.133. The van der Waals surface area contributed by atoms with Crippen LogP contribution in [0.3, 0.4) is 0 Å². The number of hydrogen-bond donors (Lipinski definition) is 1. The SMILES string of the molecule is Cc1ccc(-c2c(N)noc2-c2occc2C)cc1. The van der Waals surface area contributed by atoms with Crippen molar-refractivity contribution in [3.63, 3.8) is 0 Å². The number of anilines is 1. The third-order valence-electron chi connectivity index (χ3n) is 3.13. The highest BCUT2D eigenvalue weighted by molar-refractivity contribution is 5.85. The second-order valence-electron chi connectivity index (χ2n) is 4.57. The lowest BCUT2D eigenvalue weighted by molar-refractivity contribution is 0.421. The molecule has 19 heavy (non-hydrogen) atoms. The van der Waals surface area contributed by atoms with E-state index in [1.54, 1.807) is 6.26 Å². The van der Waals surface area contributed by atoms with E-state index in [2.05, 4.69) is 5.16 Å². The summed E-state index contributed by atoms with van der Waals surface area (Å²) in [5.41, 5.74) is 9.84. The number of aryl methyl sites for hydroxylation is 2. The van der Waals surface area contributed by atoms with Gasteiger partial charge in [-0.25, -0.2) is 0 Å². The van der Waals surface area contributed by atoms with Crippen LogP contribution in [0.1, 0.15) is 11.1 Å². The minimum atomic E-state index is 0.370. The van der Waals surface area contributed by atoms with Crippen molar-refractivity contribution < 1.29 is 8.94 Å². The van der Waals surface area contributed by atoms with E-state index >= 15 is 0 Å². The van der Waals surface area contributed by atoms with Crippen molar-refractivity contribution in [2.24, 2.45) is 0 Å². The Bertz CT molecular complexity index is 708. The maximum atomic E-state index is 5.92. The van der Waals surface area contributed by atoms with Crippen LogP contribution in [0.15, 0.2) is 45.5 Å². The molecule has 2 heterocycles. The molecular formula is C15H14N2O2. The lowest BCUT2D eigenvalue weighted by Gasteiger charge is -2.02. The summed E-state index contributed by atoms with van der Waals surface area (Å²) >= 11 is 0. The van der Waals surface area contributed by atoms with Crippen LogP contribution < -0.4 is 5.73 Å². The number of nitrogen functional groups attached to an aromatic ring is 1. The lowest BCUT2D eigenvalue weighted by atomic mass is 10.0. The molecule has 0 radical (unpaired) electrons. The van der Waals surface area contributed by atoms with Gasteiger partial charge in [0.1, 0.15) is 0 Å². The van der Waals surface area contributed by atoms with Gasteiger partial charge in [-0.15, -0.1) is 0 Å². The van der Waals surface area contributed by atoms with Gasteiger partial charge < -0.3 is 14.7 Å². The first kappa shape index (κ1) is 11.6. The van der Waals surface area contributed by atoms with E-state index in [0.29, 0.717) is 17.3 Å². The first-order valence-electron chi connectivity index (χ1n) is 6.03. The normalized spacial score (nSPS) is 10.8. The average Bonchev–Trinajstić information content (AvgIpc) is 2.97. The zero-order valence-electron chi connectivity index (χ0n) is 10.8. The minimum absolute atomic E-state index is 0.370. The second-order valence-corrected chi connectivity index (χ2v) is 4.57. The fourth-order valence-electron chi connectivity index (χ4n) is 2.06. The number of rotatable bonds is 2. The molecule has 0 saturated heterocycles. The summed E-state index contributed by atoms with van der Waals surface area (Å²) in [5.74, 6) is 1.61. The predicted molar refractivity (Wildman–Crippen MR) is 73.5 cm³/mol. The Balaban J connectivity index is 2.19. The third-order valence-corrected chi connectivity index (χ3v) is 3.13. The van der Waals surface area contributed by atoms with Gasteiger partial charge in [0.05, 0.1) is 11.8 Å². The first-order chi connectivity index (χ1) is 9.16. The summed E-state index contributed by atoms with van der Waals surface area (Å²) in [4.78, 5) is 0. The molecular weight excluding hydrogens is 240 g/mol. The van der Waals surface area contributed by atoms with Gasteiger partial charge in [-0.3, -0.25) is 0 Å². The van der Waals surface area contributed by atoms with Crippen molar-refractivity contribution >= 4 is 5.82 Å². The Hall–Kier alpha value is -2.49. The average molecular weight is 254 g/mol. The molecule has 2 aromatic heterocycles. The number of nitrogens with zero attached hydrogens (tertiary/aromatic N) is 1. The van der Waals surface area contributed by atoms with E-state index in [-0.39, 0.29) is 0 Å². The van der Waals surface area contributed by atoms with E-state index in [1.165, 1.54) is 5.56 Å². The molecule has 2 N–H and O–H groups in total. The van der Waals surface area contributed by atoms with Crippen LogP contribution in [0.5, 0.6) is 0 Å². The molecule has 0 atom stereocenters. The number of benzene rings is 1. The van der Waals surface area contributed by atoms with Gasteiger partial charge in [0.15, 0.2) is 11.6 Å². The molecule has 96 valence electrons. The second kappa shape index (κ2) is 4.31. The highest BCUT2D eigenvalue weighted by atomic mass is 16.5. The van der Waals surface area contributed by atoms with Gasteiger partial charge in [0.25, 0.3) is 0 Å². The van der Waals surface area contributed by atoms with Crippen LogP contribution in [0.4, 0.5) is 5.82 Å². The molecule has 0 unspecified atom stereocenters. The van der Waals surface area contributed by atoms with Crippen molar-refractivity contribution in [2.45, 2.75) is 13.8 Å². The van der Waals surface area contributed by atoms with E-state index < -0.39 is 0 Å². The van der Waals surface area contributed by atoms with Gasteiger partial charge in [-0.1, -0.05) is 35.0 Å². The zero-order valence-corrected chi connectivity index (χ0v) is 10.8. The maximum absolute atomic E-state index is 5.92. The summed E-state index contributed by atoms with van der Waals surface area (Å²) < 4.78 is 10.8. The Labute approximate surface area is 110 Å². The summed E-state index contributed by atoms with van der Waals surface area (Å²) in [7, 11) is 0. The van der Waals surface area contributed by atoms with E-state index in [1.807, 2.05) is 44.2 Å². The maximum Gasteiger partial charge on any atom is 0.212 e. The first-order valence-corrected chi connectivity index (χ1v) is 6.03. The molecule has 0 bridgehead atoms. The monoisotopic (exact) mass is 254 g/mol. The van der Waals surface area contributed by atoms with Crippen LogP contribution in [0.25, 0.3) is 22.6 Å². The summed E-state index contributed by atoms with van der Waals surface area (Å²) in [6.45, 7) is 3.99. The molecule has 0 aliphatic rings. The molecule has 3 rings (SSSR count). The highest BCUT2D eigenvalue weighted by Crippen LogP contribution is 2.38. The van der Waals surface area contributed by atoms with Crippen LogP contribution in [-0.2, 0) is 0 Å². The van der Waals surface area contributed by atoms with Crippen molar-refractivity contribution in [2.75, 3.05) is 5.73 Å². The number of furan rings is 1. The zero-order chi connectivity index (χ0) is 13.4. The van der Waals surface area contributed by atoms with Gasteiger partial charge in [-0.2, -0.15) is 0 Å². The summed E-state index contributed by atoms with van der Waals surface area (Å²) in [6.07, 6.45) is 1.63. The molecule has 0 aliphatic heterocycles. The predicted octanol–water partition coefficient (Wildman–Crippen LogP) is 3.80. The topological polar surface area (TPSA) is 65.2 Å². The van der Waals surface area contributed by atoms with Crippen molar-refractivity contribution in [1.82, 2.24) is 5.16 Å². The van der Waals surface area contributed by atoms with Crippen molar-refractivity contribution in [3.8, 4) is 22.6 Å². The van der Waals surface area contributed by atoms with Crippen molar-refractivity contribution in [1.29, 1.82) is 0 Å². The summed E-state index contributed by atoms with van der Waals surface area (Å²) in [5, 5.41) is 3.86. The molecule has 4 nitrogen and oxygen atoms in total. The molecule has 1 aromatic carbocycles. The van der Waals surface area contributed by atoms with Gasteiger partial charge in [0, 0.05) is 0 Å². The van der Waals surface area contributed by atoms with Gasteiger partial charge >= 0.3 is 0 Å². The molecule has 0 amide bonds. The van der Waals surface area contributed by atoms with E-state index in [4.69, 9.17) is 14.7 Å². The Kier molecular flexibility index (Phi) is 2.63. The molecule has 0 spiro atoms. The smallest absolute Gasteiger partial charge is 0.212 e. The quantitative estimate of drug-likeness (QED) is 0.755. The fourth-order valence-corrected chi connectivity index (χ4v) is 2.06. The lowest BCUT2D eigenvalue weighted by Crippen LogP contribution is -1.89. The third kappa shape index (κ3) is 1.91. The largest absolute Gasteiger partial charge is 0.461 e. The van der Waals surface area contributed by atoms with Crippen LogP contribution in [-0.4, -0.2) is 5.16 Å². The molecule has 0 fully saturated rings. The van der Waals surface area contributed by atoms with Gasteiger partial charge in [-0.05, 0) is 31.0 Å². The number of aromatic nitrogens is 1. The Morgan fingerprint density at radius 1 is 1.00 bits per heavy atom. The molecule has 0 saturated carbocycles. The van der Waals surface area contributed by atoms with Crippen LogP contribution in [0, 0.1) is 13.8 Å². The minimum Gasteiger partial charge on any atom is -0.461 e. The van der Waals surface area contributed by atoms with E-state index in [9.17, 15) is 0 Å². The molecule has 4 heteroatoms. The standard InChI is InChI=1S/C15H14N2O2/c1-9-3-5-11(6-4-9)12-14(19-17-15(12)16)13-10(2)7-8-18-13/h3-8H,1-2H3,(H2,16,17). The number of nitrogens with two attached hydrogens (primary N) is 1. The van der Waals surface area contributed by atoms with Crippen LogP contribution in [0.2, 0.25) is 0 Å². The van der Waals surface area contributed by atoms with Gasteiger partial charge in [0.2, 0.25) is 5.76 Å². The van der Waals surface area contributed by atoms with E-state index in [0.717, 1.165) is 16.7 Å². The van der Waals surface area contributed by atoms with Crippen molar-refractivity contribution in [3.05, 3.63) is 47.7 Å². The Morgan fingerprint density at radius 3 is 2.37 bits per heavy atom. The molecule has 0 aliphatic carbocycles. The summed E-state index contributed by atoms with van der Waals surface area (Å²) in [6, 6.07) is 9.94. The van der Waals surface area contributed by atoms with Crippen LogP contribution >= 0.6 is 0 Å².